The van der Waals surface area contributed by atoms with Crippen LogP contribution in [0, 0.1) is 6.92 Å². The molecule has 0 fully saturated rings. The number of thiophene rings is 1. The molecule has 0 saturated heterocycles. The Hall–Kier alpha value is -1.40. The third-order valence-electron chi connectivity index (χ3n) is 2.26. The topological polar surface area (TPSA) is 66.8 Å². The summed E-state index contributed by atoms with van der Waals surface area (Å²) >= 11 is 1.43. The third-order valence-corrected chi connectivity index (χ3v) is 3.13. The Kier molecular flexibility index (Phi) is 5.11. The number of amides is 1. The zero-order chi connectivity index (χ0) is 12.8. The Balaban J connectivity index is 2.78. The highest BCUT2D eigenvalue weighted by Crippen LogP contribution is 2.15. The molecule has 0 aliphatic heterocycles. The van der Waals surface area contributed by atoms with Crippen molar-refractivity contribution in [1.29, 1.82) is 0 Å². The predicted molar refractivity (Wildman–Crippen MR) is 64.5 cm³/mol. The number of aliphatic carboxylic acids is 1. The van der Waals surface area contributed by atoms with E-state index in [1.54, 1.807) is 5.38 Å². The summed E-state index contributed by atoms with van der Waals surface area (Å²) in [5.41, 5.74) is 1.43. The van der Waals surface area contributed by atoms with Crippen molar-refractivity contribution in [2.24, 2.45) is 0 Å². The average molecular weight is 257 g/mol. The van der Waals surface area contributed by atoms with Crippen LogP contribution in [0.3, 0.4) is 0 Å². The van der Waals surface area contributed by atoms with Gasteiger partial charge in [-0.3, -0.25) is 9.59 Å². The standard InChI is InChI=1S/C11H15NO4S/c1-8-6-17-7-9(8)11(15)12(3-4-16-2)5-10(13)14/h6-7H,3-5H2,1-2H3,(H,13,14). The number of hydrogen-bond acceptors (Lipinski definition) is 4. The van der Waals surface area contributed by atoms with Crippen LogP contribution in [0.4, 0.5) is 0 Å². The summed E-state index contributed by atoms with van der Waals surface area (Å²) in [7, 11) is 1.51. The Morgan fingerprint density at radius 1 is 1.47 bits per heavy atom. The number of carbonyl (C=O) groups excluding carboxylic acids is 1. The fourth-order valence-corrected chi connectivity index (χ4v) is 2.19. The molecule has 17 heavy (non-hydrogen) atoms. The van der Waals surface area contributed by atoms with E-state index >= 15 is 0 Å². The molecule has 0 saturated carbocycles. The van der Waals surface area contributed by atoms with Crippen molar-refractivity contribution in [3.63, 3.8) is 0 Å². The van der Waals surface area contributed by atoms with Gasteiger partial charge in [-0.1, -0.05) is 0 Å². The highest BCUT2D eigenvalue weighted by atomic mass is 32.1. The minimum Gasteiger partial charge on any atom is -0.480 e. The summed E-state index contributed by atoms with van der Waals surface area (Å²) in [6.07, 6.45) is 0. The SMILES string of the molecule is COCCN(CC(=O)O)C(=O)c1cscc1C. The molecule has 1 N–H and O–H groups in total. The summed E-state index contributed by atoms with van der Waals surface area (Å²) in [6.45, 7) is 2.12. The second-order valence-corrected chi connectivity index (χ2v) is 4.33. The Morgan fingerprint density at radius 3 is 2.65 bits per heavy atom. The number of methoxy groups -OCH3 is 1. The molecule has 6 heteroatoms. The van der Waals surface area contributed by atoms with E-state index in [1.165, 1.54) is 23.3 Å². The van der Waals surface area contributed by atoms with Gasteiger partial charge in [-0.15, -0.1) is 0 Å². The van der Waals surface area contributed by atoms with Crippen molar-refractivity contribution >= 4 is 23.2 Å². The van der Waals surface area contributed by atoms with Gasteiger partial charge in [-0.2, -0.15) is 11.3 Å². The van der Waals surface area contributed by atoms with Crippen molar-refractivity contribution in [2.45, 2.75) is 6.92 Å². The molecule has 1 heterocycles. The minimum absolute atomic E-state index is 0.261. The van der Waals surface area contributed by atoms with Crippen LogP contribution in [0.1, 0.15) is 15.9 Å². The lowest BCUT2D eigenvalue weighted by molar-refractivity contribution is -0.137. The Morgan fingerprint density at radius 2 is 2.18 bits per heavy atom. The quantitative estimate of drug-likeness (QED) is 0.832. The Bertz CT molecular complexity index is 402. The van der Waals surface area contributed by atoms with E-state index in [0.717, 1.165) is 5.56 Å². The molecule has 0 unspecified atom stereocenters. The van der Waals surface area contributed by atoms with Gasteiger partial charge >= 0.3 is 5.97 Å². The fourth-order valence-electron chi connectivity index (χ4n) is 1.37. The van der Waals surface area contributed by atoms with Gasteiger partial charge in [0.15, 0.2) is 0 Å². The molecular weight excluding hydrogens is 242 g/mol. The molecule has 1 aromatic rings. The molecule has 0 spiro atoms. The molecule has 0 aliphatic carbocycles. The highest BCUT2D eigenvalue weighted by Gasteiger charge is 2.20. The number of aryl methyl sites for hydroxylation is 1. The van der Waals surface area contributed by atoms with Gasteiger partial charge in [0.05, 0.1) is 12.2 Å². The van der Waals surface area contributed by atoms with Crippen molar-refractivity contribution in [3.8, 4) is 0 Å². The monoisotopic (exact) mass is 257 g/mol. The molecule has 1 aromatic heterocycles. The molecule has 0 radical (unpaired) electrons. The summed E-state index contributed by atoms with van der Waals surface area (Å²) in [6, 6.07) is 0. The van der Waals surface area contributed by atoms with Gasteiger partial charge in [-0.25, -0.2) is 0 Å². The van der Waals surface area contributed by atoms with Crippen LogP contribution in [-0.4, -0.2) is 48.7 Å². The van der Waals surface area contributed by atoms with E-state index < -0.39 is 5.97 Å². The first-order chi connectivity index (χ1) is 8.06. The molecule has 0 aromatic carbocycles. The molecule has 94 valence electrons. The fraction of sp³-hybridized carbons (Fsp3) is 0.455. The van der Waals surface area contributed by atoms with Gasteiger partial charge in [0.2, 0.25) is 0 Å². The van der Waals surface area contributed by atoms with Gasteiger partial charge in [0.25, 0.3) is 5.91 Å². The lowest BCUT2D eigenvalue weighted by Crippen LogP contribution is -2.38. The molecule has 0 atom stereocenters. The first-order valence-electron chi connectivity index (χ1n) is 5.09. The lowest BCUT2D eigenvalue weighted by Gasteiger charge is -2.20. The zero-order valence-electron chi connectivity index (χ0n) is 9.80. The summed E-state index contributed by atoms with van der Waals surface area (Å²) in [5, 5.41) is 12.4. The molecule has 0 aliphatic rings. The van der Waals surface area contributed by atoms with Gasteiger partial charge in [0.1, 0.15) is 6.54 Å². The summed E-state index contributed by atoms with van der Waals surface area (Å²) < 4.78 is 4.87. The van der Waals surface area contributed by atoms with Crippen LogP contribution in [0.5, 0.6) is 0 Å². The van der Waals surface area contributed by atoms with Crippen molar-refractivity contribution < 1.29 is 19.4 Å². The van der Waals surface area contributed by atoms with Crippen molar-refractivity contribution in [2.75, 3.05) is 26.8 Å². The number of carboxylic acid groups (broad SMARTS) is 1. The third kappa shape index (κ3) is 3.83. The van der Waals surface area contributed by atoms with Gasteiger partial charge < -0.3 is 14.7 Å². The maximum atomic E-state index is 12.1. The lowest BCUT2D eigenvalue weighted by atomic mass is 10.2. The second-order valence-electron chi connectivity index (χ2n) is 3.58. The largest absolute Gasteiger partial charge is 0.480 e. The first kappa shape index (κ1) is 13.7. The van der Waals surface area contributed by atoms with Crippen LogP contribution >= 0.6 is 11.3 Å². The highest BCUT2D eigenvalue weighted by molar-refractivity contribution is 7.08. The summed E-state index contributed by atoms with van der Waals surface area (Å²) in [5.74, 6) is -1.29. The smallest absolute Gasteiger partial charge is 0.323 e. The van der Waals surface area contributed by atoms with Crippen LogP contribution in [0.15, 0.2) is 10.8 Å². The van der Waals surface area contributed by atoms with E-state index in [9.17, 15) is 9.59 Å². The first-order valence-corrected chi connectivity index (χ1v) is 6.03. The van der Waals surface area contributed by atoms with E-state index in [4.69, 9.17) is 9.84 Å². The number of carboxylic acids is 1. The normalized spacial score (nSPS) is 10.2. The van der Waals surface area contributed by atoms with E-state index in [0.29, 0.717) is 12.2 Å². The second kappa shape index (κ2) is 6.36. The number of rotatable bonds is 6. The van der Waals surface area contributed by atoms with E-state index in [2.05, 4.69) is 0 Å². The number of carbonyl (C=O) groups is 2. The van der Waals surface area contributed by atoms with Gasteiger partial charge in [0, 0.05) is 19.0 Å². The number of ether oxygens (including phenoxy) is 1. The molecule has 5 nitrogen and oxygen atoms in total. The van der Waals surface area contributed by atoms with Crippen LogP contribution in [0.2, 0.25) is 0 Å². The molecular formula is C11H15NO4S. The molecule has 1 amide bonds. The maximum Gasteiger partial charge on any atom is 0.323 e. The zero-order valence-corrected chi connectivity index (χ0v) is 10.6. The van der Waals surface area contributed by atoms with E-state index in [1.807, 2.05) is 12.3 Å². The van der Waals surface area contributed by atoms with Gasteiger partial charge in [-0.05, 0) is 17.9 Å². The van der Waals surface area contributed by atoms with Crippen molar-refractivity contribution in [3.05, 3.63) is 21.9 Å². The Labute approximate surface area is 104 Å². The van der Waals surface area contributed by atoms with Crippen LogP contribution in [0.25, 0.3) is 0 Å². The van der Waals surface area contributed by atoms with Crippen LogP contribution < -0.4 is 0 Å². The molecule has 1 rings (SSSR count). The van der Waals surface area contributed by atoms with E-state index in [-0.39, 0.29) is 19.0 Å². The van der Waals surface area contributed by atoms with Crippen molar-refractivity contribution in [1.82, 2.24) is 4.90 Å². The molecule has 0 bridgehead atoms. The maximum absolute atomic E-state index is 12.1. The number of hydrogen-bond donors (Lipinski definition) is 1. The number of nitrogens with zero attached hydrogens (tertiary/aromatic N) is 1. The predicted octanol–water partition coefficient (Wildman–Crippen LogP) is 1.23. The minimum atomic E-state index is -1.03. The average Bonchev–Trinajstić information content (AvgIpc) is 2.69. The summed E-state index contributed by atoms with van der Waals surface area (Å²) in [4.78, 5) is 24.1. The van der Waals surface area contributed by atoms with Crippen LogP contribution in [-0.2, 0) is 9.53 Å².